The second-order valence-electron chi connectivity index (χ2n) is 12.9. The fourth-order valence-electron chi connectivity index (χ4n) is 7.96. The summed E-state index contributed by atoms with van der Waals surface area (Å²) in [6, 6.07) is 70.4. The zero-order valence-corrected chi connectivity index (χ0v) is 27.4. The summed E-state index contributed by atoms with van der Waals surface area (Å²) < 4.78 is 4.86. The number of fused-ring (bicyclic) bond motifs is 6. The van der Waals surface area contributed by atoms with Crippen molar-refractivity contribution in [2.75, 3.05) is 0 Å². The first-order valence-corrected chi connectivity index (χ1v) is 17.2. The Bertz CT molecular complexity index is 2780. The first-order chi connectivity index (χ1) is 24.8. The minimum atomic E-state index is 1.15. The minimum Gasteiger partial charge on any atom is -0.309 e. The van der Waals surface area contributed by atoms with Gasteiger partial charge >= 0.3 is 0 Å². The van der Waals surface area contributed by atoms with E-state index in [0.29, 0.717) is 0 Å². The number of benzene rings is 8. The molecule has 10 rings (SSSR count). The number of para-hydroxylation sites is 3. The molecule has 2 heteroatoms. The summed E-state index contributed by atoms with van der Waals surface area (Å²) in [6.07, 6.45) is 0. The molecule has 2 heterocycles. The lowest BCUT2D eigenvalue weighted by Crippen LogP contribution is -1.96. The van der Waals surface area contributed by atoms with Gasteiger partial charge in [-0.2, -0.15) is 0 Å². The molecular formula is C48H32N2. The predicted octanol–water partition coefficient (Wildman–Crippen LogP) is 12.9. The van der Waals surface area contributed by atoms with Crippen molar-refractivity contribution in [3.05, 3.63) is 194 Å². The molecule has 0 bridgehead atoms. The molecule has 0 amide bonds. The highest BCUT2D eigenvalue weighted by Crippen LogP contribution is 2.44. The number of hydrogen-bond acceptors (Lipinski definition) is 0. The Morgan fingerprint density at radius 3 is 1.16 bits per heavy atom. The van der Waals surface area contributed by atoms with Crippen LogP contribution in [0, 0.1) is 0 Å². The van der Waals surface area contributed by atoms with Crippen molar-refractivity contribution in [3.8, 4) is 44.8 Å². The standard InChI is InChI=1S/C48H32N2/c1-4-16-33(17-5-1)35-30-36(34-18-6-2-7-19-34)32-38(31-35)50-44-27-13-11-23-42(44)48-40(25-15-29-46(48)50)39-24-14-28-45-47(39)41-22-10-12-26-43(41)49(45)37-20-8-3-9-21-37/h1-32H. The highest BCUT2D eigenvalue weighted by atomic mass is 15.0. The van der Waals surface area contributed by atoms with E-state index in [1.807, 2.05) is 0 Å². The van der Waals surface area contributed by atoms with E-state index in [9.17, 15) is 0 Å². The van der Waals surface area contributed by atoms with Gasteiger partial charge in [0.1, 0.15) is 0 Å². The number of nitrogens with zero attached hydrogens (tertiary/aromatic N) is 2. The molecule has 8 aromatic carbocycles. The van der Waals surface area contributed by atoms with Crippen LogP contribution in [-0.4, -0.2) is 9.13 Å². The van der Waals surface area contributed by atoms with E-state index in [1.54, 1.807) is 0 Å². The van der Waals surface area contributed by atoms with Crippen molar-refractivity contribution in [1.29, 1.82) is 0 Å². The van der Waals surface area contributed by atoms with Gasteiger partial charge in [0.15, 0.2) is 0 Å². The molecule has 0 aliphatic rings. The van der Waals surface area contributed by atoms with Crippen LogP contribution in [0.25, 0.3) is 88.4 Å². The third-order valence-electron chi connectivity index (χ3n) is 10.1. The van der Waals surface area contributed by atoms with Crippen LogP contribution in [0.5, 0.6) is 0 Å². The quantitative estimate of drug-likeness (QED) is 0.178. The van der Waals surface area contributed by atoms with Crippen molar-refractivity contribution in [3.63, 3.8) is 0 Å². The normalized spacial score (nSPS) is 11.6. The molecule has 2 nitrogen and oxygen atoms in total. The van der Waals surface area contributed by atoms with Crippen molar-refractivity contribution in [2.45, 2.75) is 0 Å². The third-order valence-corrected chi connectivity index (χ3v) is 10.1. The maximum absolute atomic E-state index is 2.46. The second-order valence-corrected chi connectivity index (χ2v) is 12.9. The number of rotatable bonds is 5. The zero-order chi connectivity index (χ0) is 33.0. The molecule has 0 aliphatic heterocycles. The van der Waals surface area contributed by atoms with Gasteiger partial charge in [-0.25, -0.2) is 0 Å². The van der Waals surface area contributed by atoms with E-state index in [2.05, 4.69) is 203 Å². The zero-order valence-electron chi connectivity index (χ0n) is 27.4. The van der Waals surface area contributed by atoms with Crippen LogP contribution in [0.15, 0.2) is 194 Å². The van der Waals surface area contributed by atoms with Gasteiger partial charge in [0.2, 0.25) is 0 Å². The van der Waals surface area contributed by atoms with Crippen LogP contribution < -0.4 is 0 Å². The highest BCUT2D eigenvalue weighted by molar-refractivity contribution is 6.22. The van der Waals surface area contributed by atoms with Crippen LogP contribution in [0.2, 0.25) is 0 Å². The molecular weight excluding hydrogens is 605 g/mol. The summed E-state index contributed by atoms with van der Waals surface area (Å²) in [5.74, 6) is 0. The number of aromatic nitrogens is 2. The average Bonchev–Trinajstić information content (AvgIpc) is 3.72. The maximum atomic E-state index is 2.46. The van der Waals surface area contributed by atoms with E-state index in [4.69, 9.17) is 0 Å². The van der Waals surface area contributed by atoms with Crippen LogP contribution in [0.1, 0.15) is 0 Å². The number of hydrogen-bond donors (Lipinski definition) is 0. The molecule has 234 valence electrons. The molecule has 0 fully saturated rings. The van der Waals surface area contributed by atoms with Gasteiger partial charge in [0, 0.05) is 32.9 Å². The molecule has 0 unspecified atom stereocenters. The van der Waals surface area contributed by atoms with E-state index < -0.39 is 0 Å². The molecule has 0 aliphatic carbocycles. The Balaban J connectivity index is 1.28. The molecule has 0 saturated heterocycles. The van der Waals surface area contributed by atoms with E-state index in [-0.39, 0.29) is 0 Å². The molecule has 50 heavy (non-hydrogen) atoms. The second kappa shape index (κ2) is 11.5. The van der Waals surface area contributed by atoms with Gasteiger partial charge in [-0.15, -0.1) is 0 Å². The molecule has 0 saturated carbocycles. The summed E-state index contributed by atoms with van der Waals surface area (Å²) in [6.45, 7) is 0. The Hall–Kier alpha value is -6.64. The lowest BCUT2D eigenvalue weighted by atomic mass is 9.95. The summed E-state index contributed by atoms with van der Waals surface area (Å²) in [5.41, 5.74) is 14.4. The predicted molar refractivity (Wildman–Crippen MR) is 211 cm³/mol. The van der Waals surface area contributed by atoms with Gasteiger partial charge in [-0.3, -0.25) is 0 Å². The van der Waals surface area contributed by atoms with Crippen molar-refractivity contribution in [1.82, 2.24) is 9.13 Å². The van der Waals surface area contributed by atoms with Gasteiger partial charge in [0.05, 0.1) is 22.1 Å². The summed E-state index contributed by atoms with van der Waals surface area (Å²) in [4.78, 5) is 0. The van der Waals surface area contributed by atoms with E-state index in [1.165, 1.54) is 77.0 Å². The van der Waals surface area contributed by atoms with Crippen molar-refractivity contribution >= 4 is 43.6 Å². The van der Waals surface area contributed by atoms with Crippen molar-refractivity contribution in [2.24, 2.45) is 0 Å². The Morgan fingerprint density at radius 2 is 0.660 bits per heavy atom. The van der Waals surface area contributed by atoms with Crippen LogP contribution in [0.4, 0.5) is 0 Å². The van der Waals surface area contributed by atoms with Crippen LogP contribution in [0.3, 0.4) is 0 Å². The fourth-order valence-corrected chi connectivity index (χ4v) is 7.96. The molecule has 0 spiro atoms. The van der Waals surface area contributed by atoms with Gasteiger partial charge in [-0.1, -0.05) is 140 Å². The summed E-state index contributed by atoms with van der Waals surface area (Å²) in [7, 11) is 0. The monoisotopic (exact) mass is 636 g/mol. The van der Waals surface area contributed by atoms with Crippen LogP contribution >= 0.6 is 0 Å². The molecule has 0 radical (unpaired) electrons. The highest BCUT2D eigenvalue weighted by Gasteiger charge is 2.21. The Labute approximate surface area is 290 Å². The van der Waals surface area contributed by atoms with Gasteiger partial charge in [0.25, 0.3) is 0 Å². The average molecular weight is 637 g/mol. The van der Waals surface area contributed by atoms with Crippen molar-refractivity contribution < 1.29 is 0 Å². The maximum Gasteiger partial charge on any atom is 0.0547 e. The van der Waals surface area contributed by atoms with E-state index >= 15 is 0 Å². The molecule has 0 N–H and O–H groups in total. The fraction of sp³-hybridized carbons (Fsp3) is 0. The molecule has 2 aromatic heterocycles. The summed E-state index contributed by atoms with van der Waals surface area (Å²) in [5, 5.41) is 5.03. The smallest absolute Gasteiger partial charge is 0.0547 e. The Kier molecular flexibility index (Phi) is 6.53. The molecule has 10 aromatic rings. The van der Waals surface area contributed by atoms with Gasteiger partial charge < -0.3 is 9.13 Å². The third kappa shape index (κ3) is 4.43. The topological polar surface area (TPSA) is 9.86 Å². The van der Waals surface area contributed by atoms with Crippen LogP contribution in [-0.2, 0) is 0 Å². The van der Waals surface area contributed by atoms with Gasteiger partial charge in [-0.05, 0) is 88.0 Å². The Morgan fingerprint density at radius 1 is 0.260 bits per heavy atom. The lowest BCUT2D eigenvalue weighted by Gasteiger charge is -2.14. The molecule has 0 atom stereocenters. The first-order valence-electron chi connectivity index (χ1n) is 17.2. The first kappa shape index (κ1) is 28.4. The summed E-state index contributed by atoms with van der Waals surface area (Å²) >= 11 is 0. The SMILES string of the molecule is c1ccc(-c2cc(-c3ccccc3)cc(-n3c4ccccc4c4c(-c5cccc6c5c5ccccc5n6-c5ccccc5)cccc43)c2)cc1. The largest absolute Gasteiger partial charge is 0.309 e. The lowest BCUT2D eigenvalue weighted by molar-refractivity contribution is 1.18. The van der Waals surface area contributed by atoms with E-state index in [0.717, 1.165) is 11.4 Å². The minimum absolute atomic E-state index is 1.15.